The maximum absolute atomic E-state index is 13.6. The zero-order chi connectivity index (χ0) is 14.8. The van der Waals surface area contributed by atoms with Crippen molar-refractivity contribution >= 4 is 17.5 Å². The number of halogens is 2. The Balaban J connectivity index is 1.85. The van der Waals surface area contributed by atoms with Crippen molar-refractivity contribution in [3.05, 3.63) is 64.4 Å². The van der Waals surface area contributed by atoms with Gasteiger partial charge in [-0.2, -0.15) is 0 Å². The highest BCUT2D eigenvalue weighted by Gasteiger charge is 2.24. The van der Waals surface area contributed by atoms with E-state index in [1.165, 1.54) is 12.1 Å². The minimum atomic E-state index is -0.534. The molecule has 1 aliphatic heterocycles. The Morgan fingerprint density at radius 2 is 2.10 bits per heavy atom. The Bertz CT molecular complexity index is 690. The number of carbonyl (C=O) groups is 1. The first-order valence-electron chi connectivity index (χ1n) is 6.63. The highest BCUT2D eigenvalue weighted by molar-refractivity contribution is 6.30. The van der Waals surface area contributed by atoms with Crippen molar-refractivity contribution in [2.24, 2.45) is 0 Å². The van der Waals surface area contributed by atoms with Crippen LogP contribution in [-0.2, 0) is 0 Å². The van der Waals surface area contributed by atoms with E-state index in [2.05, 4.69) is 5.32 Å². The Morgan fingerprint density at radius 3 is 2.90 bits per heavy atom. The van der Waals surface area contributed by atoms with Gasteiger partial charge in [0.05, 0.1) is 18.2 Å². The predicted octanol–water partition coefficient (Wildman–Crippen LogP) is 3.73. The minimum Gasteiger partial charge on any atom is -0.493 e. The van der Waals surface area contributed by atoms with Crippen LogP contribution in [0.4, 0.5) is 4.39 Å². The molecule has 1 atom stereocenters. The van der Waals surface area contributed by atoms with Crippen molar-refractivity contribution in [1.82, 2.24) is 5.32 Å². The number of carbonyl (C=O) groups excluding carboxylic acids is 1. The van der Waals surface area contributed by atoms with E-state index in [0.29, 0.717) is 23.8 Å². The van der Waals surface area contributed by atoms with E-state index in [1.807, 2.05) is 0 Å². The lowest BCUT2D eigenvalue weighted by Gasteiger charge is -2.27. The van der Waals surface area contributed by atoms with Gasteiger partial charge in [-0.1, -0.05) is 23.7 Å². The zero-order valence-electron chi connectivity index (χ0n) is 11.1. The number of rotatable bonds is 2. The number of benzene rings is 2. The highest BCUT2D eigenvalue weighted by atomic mass is 35.5. The van der Waals surface area contributed by atoms with Crippen molar-refractivity contribution in [2.45, 2.75) is 12.5 Å². The molecule has 108 valence electrons. The van der Waals surface area contributed by atoms with E-state index in [1.54, 1.807) is 30.3 Å². The molecule has 0 spiro atoms. The van der Waals surface area contributed by atoms with Crippen LogP contribution in [0.3, 0.4) is 0 Å². The molecule has 0 aliphatic carbocycles. The van der Waals surface area contributed by atoms with Gasteiger partial charge < -0.3 is 10.1 Å². The third-order valence-electron chi connectivity index (χ3n) is 3.44. The molecule has 0 fully saturated rings. The SMILES string of the molecule is O=C(NC1CCOc2ccc(Cl)cc21)c1ccccc1F. The fourth-order valence-electron chi connectivity index (χ4n) is 2.40. The number of amides is 1. The summed E-state index contributed by atoms with van der Waals surface area (Å²) < 4.78 is 19.2. The maximum Gasteiger partial charge on any atom is 0.254 e. The molecule has 3 rings (SSSR count). The molecular weight excluding hydrogens is 293 g/mol. The van der Waals surface area contributed by atoms with E-state index in [0.717, 1.165) is 5.56 Å². The average molecular weight is 306 g/mol. The van der Waals surface area contributed by atoms with Gasteiger partial charge in [0.25, 0.3) is 5.91 Å². The summed E-state index contributed by atoms with van der Waals surface area (Å²) >= 11 is 5.99. The van der Waals surface area contributed by atoms with E-state index < -0.39 is 11.7 Å². The monoisotopic (exact) mass is 305 g/mol. The summed E-state index contributed by atoms with van der Waals surface area (Å²) in [5.41, 5.74) is 0.853. The molecule has 2 aromatic carbocycles. The summed E-state index contributed by atoms with van der Waals surface area (Å²) in [6, 6.07) is 11.0. The fourth-order valence-corrected chi connectivity index (χ4v) is 2.58. The van der Waals surface area contributed by atoms with E-state index in [4.69, 9.17) is 16.3 Å². The van der Waals surface area contributed by atoms with Crippen molar-refractivity contribution in [2.75, 3.05) is 6.61 Å². The first kappa shape index (κ1) is 13.9. The lowest BCUT2D eigenvalue weighted by molar-refractivity contribution is 0.0920. The molecule has 1 aliphatic rings. The molecule has 0 saturated carbocycles. The van der Waals surface area contributed by atoms with Gasteiger partial charge >= 0.3 is 0 Å². The standard InChI is InChI=1S/C16H13ClFNO2/c17-10-5-6-15-12(9-10)14(7-8-21-15)19-16(20)11-3-1-2-4-13(11)18/h1-6,9,14H,7-8H2,(H,19,20). The minimum absolute atomic E-state index is 0.0348. The van der Waals surface area contributed by atoms with Gasteiger partial charge in [-0.05, 0) is 30.3 Å². The van der Waals surface area contributed by atoms with Gasteiger partial charge in [0, 0.05) is 17.0 Å². The Hall–Kier alpha value is -2.07. The number of hydrogen-bond acceptors (Lipinski definition) is 2. The van der Waals surface area contributed by atoms with Crippen LogP contribution in [0, 0.1) is 5.82 Å². The van der Waals surface area contributed by atoms with E-state index in [9.17, 15) is 9.18 Å². The van der Waals surface area contributed by atoms with Crippen LogP contribution in [0.5, 0.6) is 5.75 Å². The van der Waals surface area contributed by atoms with Gasteiger partial charge in [0.1, 0.15) is 11.6 Å². The molecule has 1 unspecified atom stereocenters. The van der Waals surface area contributed by atoms with Crippen LogP contribution in [0.2, 0.25) is 5.02 Å². The third kappa shape index (κ3) is 2.85. The smallest absolute Gasteiger partial charge is 0.254 e. The number of ether oxygens (including phenoxy) is 1. The lowest BCUT2D eigenvalue weighted by Crippen LogP contribution is -2.32. The summed E-state index contributed by atoms with van der Waals surface area (Å²) in [7, 11) is 0. The Labute approximate surface area is 126 Å². The second-order valence-electron chi connectivity index (χ2n) is 4.83. The van der Waals surface area contributed by atoms with Crippen molar-refractivity contribution < 1.29 is 13.9 Å². The molecule has 3 nitrogen and oxygen atoms in total. The van der Waals surface area contributed by atoms with Gasteiger partial charge in [-0.25, -0.2) is 4.39 Å². The van der Waals surface area contributed by atoms with Crippen molar-refractivity contribution in [3.63, 3.8) is 0 Å². The third-order valence-corrected chi connectivity index (χ3v) is 3.67. The second kappa shape index (κ2) is 5.74. The average Bonchev–Trinajstić information content (AvgIpc) is 2.48. The van der Waals surface area contributed by atoms with Crippen LogP contribution in [0.15, 0.2) is 42.5 Å². The fraction of sp³-hybridized carbons (Fsp3) is 0.188. The first-order chi connectivity index (χ1) is 10.1. The number of hydrogen-bond donors (Lipinski definition) is 1. The van der Waals surface area contributed by atoms with Crippen LogP contribution in [0.25, 0.3) is 0 Å². The molecule has 1 amide bonds. The lowest BCUT2D eigenvalue weighted by atomic mass is 10.00. The molecular formula is C16H13ClFNO2. The van der Waals surface area contributed by atoms with Gasteiger partial charge in [0.2, 0.25) is 0 Å². The topological polar surface area (TPSA) is 38.3 Å². The summed E-state index contributed by atoms with van der Waals surface area (Å²) in [5.74, 6) is -0.274. The predicted molar refractivity (Wildman–Crippen MR) is 78.2 cm³/mol. The Kier molecular flexibility index (Phi) is 3.80. The number of nitrogens with one attached hydrogen (secondary N) is 1. The van der Waals surface area contributed by atoms with Crippen molar-refractivity contribution in [1.29, 1.82) is 0 Å². The maximum atomic E-state index is 13.6. The largest absolute Gasteiger partial charge is 0.493 e. The molecule has 2 aromatic rings. The quantitative estimate of drug-likeness (QED) is 0.918. The van der Waals surface area contributed by atoms with Crippen molar-refractivity contribution in [3.8, 4) is 5.75 Å². The van der Waals surface area contributed by atoms with E-state index >= 15 is 0 Å². The van der Waals surface area contributed by atoms with E-state index in [-0.39, 0.29) is 11.6 Å². The molecule has 21 heavy (non-hydrogen) atoms. The molecule has 1 N–H and O–H groups in total. The summed E-state index contributed by atoms with van der Waals surface area (Å²) in [5, 5.41) is 3.42. The first-order valence-corrected chi connectivity index (χ1v) is 7.00. The normalized spacial score (nSPS) is 16.8. The van der Waals surface area contributed by atoms with Gasteiger partial charge in [-0.15, -0.1) is 0 Å². The summed E-state index contributed by atoms with van der Waals surface area (Å²) in [6.45, 7) is 0.497. The molecule has 0 aromatic heterocycles. The summed E-state index contributed by atoms with van der Waals surface area (Å²) in [6.07, 6.45) is 0.619. The molecule has 1 heterocycles. The molecule has 0 bridgehead atoms. The van der Waals surface area contributed by atoms with Crippen LogP contribution in [0.1, 0.15) is 28.4 Å². The molecule has 0 saturated heterocycles. The molecule has 0 radical (unpaired) electrons. The van der Waals surface area contributed by atoms with Crippen LogP contribution in [-0.4, -0.2) is 12.5 Å². The van der Waals surface area contributed by atoms with Gasteiger partial charge in [0.15, 0.2) is 0 Å². The van der Waals surface area contributed by atoms with Gasteiger partial charge in [-0.3, -0.25) is 4.79 Å². The second-order valence-corrected chi connectivity index (χ2v) is 5.26. The van der Waals surface area contributed by atoms with Crippen LogP contribution < -0.4 is 10.1 Å². The Morgan fingerprint density at radius 1 is 1.29 bits per heavy atom. The molecule has 5 heteroatoms. The van der Waals surface area contributed by atoms with Crippen LogP contribution >= 0.6 is 11.6 Å². The summed E-state index contributed by atoms with van der Waals surface area (Å²) in [4.78, 5) is 12.2. The highest BCUT2D eigenvalue weighted by Crippen LogP contribution is 2.34. The number of fused-ring (bicyclic) bond motifs is 1. The zero-order valence-corrected chi connectivity index (χ0v) is 11.9.